The Morgan fingerprint density at radius 1 is 1.29 bits per heavy atom. The second kappa shape index (κ2) is 3.48. The van der Waals surface area contributed by atoms with Crippen LogP contribution in [0.5, 0.6) is 0 Å². The second-order valence-corrected chi connectivity index (χ2v) is 3.21. The highest BCUT2D eigenvalue weighted by atomic mass is 19.4. The van der Waals surface area contributed by atoms with Crippen LogP contribution < -0.4 is 5.46 Å². The van der Waals surface area contributed by atoms with Crippen LogP contribution in [-0.2, 0) is 0 Å². The lowest BCUT2D eigenvalue weighted by Gasteiger charge is -2.16. The average Bonchev–Trinajstić information content (AvgIpc) is 2.01. The Hall–Kier alpha value is -1.26. The number of hydrogen-bond acceptors (Lipinski definition) is 1. The van der Waals surface area contributed by atoms with Crippen molar-refractivity contribution in [1.82, 2.24) is 0 Å². The van der Waals surface area contributed by atoms with E-state index in [2.05, 4.69) is 0 Å². The van der Waals surface area contributed by atoms with Crippen LogP contribution in [0.2, 0.25) is 0 Å². The van der Waals surface area contributed by atoms with E-state index in [0.717, 1.165) is 12.1 Å². The van der Waals surface area contributed by atoms with Gasteiger partial charge in [-0.1, -0.05) is 18.2 Å². The fourth-order valence-electron chi connectivity index (χ4n) is 1.29. The molecule has 0 fully saturated rings. The van der Waals surface area contributed by atoms with Crippen molar-refractivity contribution in [2.24, 2.45) is 0 Å². The van der Waals surface area contributed by atoms with Crippen molar-refractivity contribution in [3.63, 3.8) is 0 Å². The van der Waals surface area contributed by atoms with Crippen LogP contribution >= 0.6 is 0 Å². The Morgan fingerprint density at radius 2 is 1.86 bits per heavy atom. The Bertz CT molecular complexity index is 371. The lowest BCUT2D eigenvalue weighted by atomic mass is 9.78. The summed E-state index contributed by atoms with van der Waals surface area (Å²) in [6, 6.07) is 3.18. The van der Waals surface area contributed by atoms with Gasteiger partial charge in [0.2, 0.25) is 0 Å². The molecule has 0 spiro atoms. The molecule has 1 nitrogen and oxygen atoms in total. The van der Waals surface area contributed by atoms with Crippen molar-refractivity contribution in [3.05, 3.63) is 29.3 Å². The van der Waals surface area contributed by atoms with Crippen molar-refractivity contribution >= 4 is 18.2 Å². The standard InChI is InChI=1S/C9H9BF3O/c1-6-5-8(10(11,12)13)3-4-9(6)7(2)14/h3-5H,1-2H3/q-1. The van der Waals surface area contributed by atoms with Gasteiger partial charge in [-0.3, -0.25) is 4.79 Å². The smallest absolute Gasteiger partial charge is 0.445 e. The molecule has 1 aromatic carbocycles. The first kappa shape index (κ1) is 10.8. The van der Waals surface area contributed by atoms with Crippen LogP contribution in [0.15, 0.2) is 18.2 Å². The first-order chi connectivity index (χ1) is 6.32. The minimum Gasteiger partial charge on any atom is -0.445 e. The van der Waals surface area contributed by atoms with E-state index < -0.39 is 12.4 Å². The van der Waals surface area contributed by atoms with Crippen molar-refractivity contribution in [2.75, 3.05) is 0 Å². The maximum absolute atomic E-state index is 12.3. The molecule has 0 aliphatic rings. The largest absolute Gasteiger partial charge is 0.509 e. The summed E-state index contributed by atoms with van der Waals surface area (Å²) in [6.45, 7) is -2.13. The van der Waals surface area contributed by atoms with Gasteiger partial charge in [0.15, 0.2) is 5.78 Å². The SMILES string of the molecule is CC(=O)c1ccc([B-](F)(F)F)cc1C. The van der Waals surface area contributed by atoms with Crippen LogP contribution in [0.25, 0.3) is 0 Å². The van der Waals surface area contributed by atoms with Gasteiger partial charge in [-0.25, -0.2) is 0 Å². The topological polar surface area (TPSA) is 17.1 Å². The number of benzene rings is 1. The van der Waals surface area contributed by atoms with E-state index in [1.54, 1.807) is 0 Å². The van der Waals surface area contributed by atoms with Gasteiger partial charge in [-0.15, -0.1) is 5.46 Å². The zero-order valence-corrected chi connectivity index (χ0v) is 7.85. The molecule has 0 bridgehead atoms. The van der Waals surface area contributed by atoms with Crippen LogP contribution in [0.4, 0.5) is 12.9 Å². The van der Waals surface area contributed by atoms with Crippen molar-refractivity contribution in [3.8, 4) is 0 Å². The van der Waals surface area contributed by atoms with Gasteiger partial charge in [0.05, 0.1) is 0 Å². The molecule has 0 unspecified atom stereocenters. The number of hydrogen-bond donors (Lipinski definition) is 0. The van der Waals surface area contributed by atoms with Gasteiger partial charge >= 0.3 is 6.98 Å². The van der Waals surface area contributed by atoms with Crippen LogP contribution in [0.3, 0.4) is 0 Å². The normalized spacial score (nSPS) is 11.5. The summed E-state index contributed by atoms with van der Waals surface area (Å²) in [6.07, 6.45) is 0. The van der Waals surface area contributed by atoms with E-state index in [4.69, 9.17) is 0 Å². The molecule has 5 heteroatoms. The zero-order valence-electron chi connectivity index (χ0n) is 7.85. The number of rotatable bonds is 2. The Morgan fingerprint density at radius 3 is 2.21 bits per heavy atom. The summed E-state index contributed by atoms with van der Waals surface area (Å²) < 4.78 is 36.8. The molecule has 0 heterocycles. The number of halogens is 3. The second-order valence-electron chi connectivity index (χ2n) is 3.21. The number of Topliss-reactive ketones (excluding diaryl/α,β-unsaturated/α-hetero) is 1. The predicted octanol–water partition coefficient (Wildman–Crippen LogP) is 2.25. The number of aryl methyl sites for hydroxylation is 1. The highest BCUT2D eigenvalue weighted by molar-refractivity contribution is 6.73. The fraction of sp³-hybridized carbons (Fsp3) is 0.222. The van der Waals surface area contributed by atoms with Crippen molar-refractivity contribution in [2.45, 2.75) is 13.8 Å². The van der Waals surface area contributed by atoms with Crippen LogP contribution in [0.1, 0.15) is 22.8 Å². The highest BCUT2D eigenvalue weighted by Gasteiger charge is 2.25. The third-order valence-corrected chi connectivity index (χ3v) is 2.01. The minimum absolute atomic E-state index is 0.219. The van der Waals surface area contributed by atoms with Gasteiger partial charge in [-0.05, 0) is 19.4 Å². The predicted molar refractivity (Wildman–Crippen MR) is 49.9 cm³/mol. The van der Waals surface area contributed by atoms with E-state index in [9.17, 15) is 17.7 Å². The monoisotopic (exact) mass is 201 g/mol. The summed E-state index contributed by atoms with van der Waals surface area (Å²) in [5.74, 6) is -0.219. The third-order valence-electron chi connectivity index (χ3n) is 2.01. The molecule has 14 heavy (non-hydrogen) atoms. The molecule has 0 N–H and O–H groups in total. The van der Waals surface area contributed by atoms with Crippen LogP contribution in [0, 0.1) is 6.92 Å². The molecule has 0 radical (unpaired) electrons. The van der Waals surface area contributed by atoms with E-state index in [1.165, 1.54) is 19.9 Å². The molecule has 0 saturated carbocycles. The molecule has 76 valence electrons. The minimum atomic E-state index is -4.97. The summed E-state index contributed by atoms with van der Waals surface area (Å²) in [4.78, 5) is 11.0. The third kappa shape index (κ3) is 2.16. The lowest BCUT2D eigenvalue weighted by molar-refractivity contribution is 0.101. The Balaban J connectivity index is 3.20. The quantitative estimate of drug-likeness (QED) is 0.529. The maximum Gasteiger partial charge on any atom is 0.509 e. The molecule has 0 atom stereocenters. The zero-order chi connectivity index (χ0) is 10.9. The molecule has 0 amide bonds. The van der Waals surface area contributed by atoms with E-state index in [1.807, 2.05) is 0 Å². The molecule has 0 aliphatic heterocycles. The molecule has 1 rings (SSSR count). The highest BCUT2D eigenvalue weighted by Crippen LogP contribution is 2.13. The molecule has 0 aliphatic carbocycles. The molecule has 0 aromatic heterocycles. The van der Waals surface area contributed by atoms with Gasteiger partial charge in [0.1, 0.15) is 0 Å². The van der Waals surface area contributed by atoms with Gasteiger partial charge in [-0.2, -0.15) is 0 Å². The number of carbonyl (C=O) groups excluding carboxylic acids is 1. The van der Waals surface area contributed by atoms with Gasteiger partial charge in [0, 0.05) is 5.56 Å². The summed E-state index contributed by atoms with van der Waals surface area (Å²) in [5.41, 5.74) is 0.0514. The van der Waals surface area contributed by atoms with Gasteiger partial charge in [0.25, 0.3) is 0 Å². The number of carbonyl (C=O) groups is 1. The van der Waals surface area contributed by atoms with Crippen molar-refractivity contribution < 1.29 is 17.7 Å². The first-order valence-electron chi connectivity index (χ1n) is 4.14. The molecule has 1 aromatic rings. The van der Waals surface area contributed by atoms with Gasteiger partial charge < -0.3 is 12.9 Å². The maximum atomic E-state index is 12.3. The average molecular weight is 201 g/mol. The summed E-state index contributed by atoms with van der Waals surface area (Å²) in [7, 11) is 0. The van der Waals surface area contributed by atoms with Crippen LogP contribution in [-0.4, -0.2) is 12.8 Å². The molecule has 0 saturated heterocycles. The Kier molecular flexibility index (Phi) is 2.69. The number of ketones is 1. The van der Waals surface area contributed by atoms with E-state index >= 15 is 0 Å². The summed E-state index contributed by atoms with van der Waals surface area (Å²) >= 11 is 0. The van der Waals surface area contributed by atoms with E-state index in [0.29, 0.717) is 11.1 Å². The summed E-state index contributed by atoms with van der Waals surface area (Å²) in [5, 5.41) is 0. The Labute approximate surface area is 80.0 Å². The molecular weight excluding hydrogens is 192 g/mol. The van der Waals surface area contributed by atoms with E-state index in [-0.39, 0.29) is 5.78 Å². The van der Waals surface area contributed by atoms with Crippen molar-refractivity contribution in [1.29, 1.82) is 0 Å². The lowest BCUT2D eigenvalue weighted by Crippen LogP contribution is -2.34. The first-order valence-corrected chi connectivity index (χ1v) is 4.14. The molecular formula is C9H9BF3O-. The fourth-order valence-corrected chi connectivity index (χ4v) is 1.29.